The molecule has 1 fully saturated rings. The van der Waals surface area contributed by atoms with Gasteiger partial charge in [-0.15, -0.1) is 0 Å². The average Bonchev–Trinajstić information content (AvgIpc) is 2.63. The number of piperidine rings is 1. The number of nitrogens with zero attached hydrogens (tertiary/aromatic N) is 2. The number of halogens is 2. The van der Waals surface area contributed by atoms with E-state index in [1.807, 2.05) is 0 Å². The summed E-state index contributed by atoms with van der Waals surface area (Å²) in [6, 6.07) is 5.97. The molecule has 1 aliphatic rings. The summed E-state index contributed by atoms with van der Waals surface area (Å²) in [7, 11) is 1.39. The molecule has 0 bridgehead atoms. The molecular formula is C18H18ClFN2O3. The van der Waals surface area contributed by atoms with E-state index in [1.54, 1.807) is 23.2 Å². The van der Waals surface area contributed by atoms with Crippen molar-refractivity contribution in [2.45, 2.75) is 18.9 Å². The van der Waals surface area contributed by atoms with Gasteiger partial charge < -0.3 is 14.4 Å². The van der Waals surface area contributed by atoms with Crippen molar-refractivity contribution >= 4 is 17.5 Å². The smallest absolute Gasteiger partial charge is 0.253 e. The molecule has 1 aromatic carbocycles. The van der Waals surface area contributed by atoms with E-state index in [9.17, 15) is 9.18 Å². The number of amides is 1. The van der Waals surface area contributed by atoms with Crippen molar-refractivity contribution in [2.24, 2.45) is 0 Å². The van der Waals surface area contributed by atoms with Crippen molar-refractivity contribution in [1.82, 2.24) is 9.88 Å². The van der Waals surface area contributed by atoms with Crippen LogP contribution in [0, 0.1) is 5.82 Å². The maximum atomic E-state index is 13.8. The number of ether oxygens (including phenoxy) is 2. The standard InChI is InChI=1S/C18H18ClFN2O3/c1-24-17-3-2-12(10-15(17)20)18(23)22-8-5-13(6-9-22)25-16-4-7-21-11-14(16)19/h2-4,7,10-11,13H,5-6,8-9H2,1H3. The van der Waals surface area contributed by atoms with Crippen LogP contribution < -0.4 is 9.47 Å². The molecule has 1 aromatic heterocycles. The summed E-state index contributed by atoms with van der Waals surface area (Å²) in [5, 5.41) is 0.467. The molecule has 1 saturated heterocycles. The van der Waals surface area contributed by atoms with E-state index in [4.69, 9.17) is 21.1 Å². The van der Waals surface area contributed by atoms with Crippen LogP contribution in [0.2, 0.25) is 5.02 Å². The maximum absolute atomic E-state index is 13.8. The molecule has 0 aliphatic carbocycles. The first kappa shape index (κ1) is 17.5. The lowest BCUT2D eigenvalue weighted by molar-refractivity contribution is 0.0595. The second-order valence-corrected chi connectivity index (χ2v) is 6.17. The van der Waals surface area contributed by atoms with Gasteiger partial charge in [0.15, 0.2) is 11.6 Å². The van der Waals surface area contributed by atoms with Crippen molar-refractivity contribution in [2.75, 3.05) is 20.2 Å². The Hall–Kier alpha value is -2.34. The molecule has 0 radical (unpaired) electrons. The highest BCUT2D eigenvalue weighted by Gasteiger charge is 2.25. The zero-order valence-corrected chi connectivity index (χ0v) is 14.5. The fraction of sp³-hybridized carbons (Fsp3) is 0.333. The molecule has 25 heavy (non-hydrogen) atoms. The topological polar surface area (TPSA) is 51.7 Å². The quantitative estimate of drug-likeness (QED) is 0.832. The minimum absolute atomic E-state index is 0.0171. The second-order valence-electron chi connectivity index (χ2n) is 5.76. The summed E-state index contributed by atoms with van der Waals surface area (Å²) >= 11 is 6.04. The van der Waals surface area contributed by atoms with E-state index in [2.05, 4.69) is 4.98 Å². The van der Waals surface area contributed by atoms with E-state index >= 15 is 0 Å². The molecule has 0 spiro atoms. The SMILES string of the molecule is COc1ccc(C(=O)N2CCC(Oc3ccncc3Cl)CC2)cc1F. The van der Waals surface area contributed by atoms with Crippen LogP contribution in [0.1, 0.15) is 23.2 Å². The van der Waals surface area contributed by atoms with Crippen LogP contribution in [0.25, 0.3) is 0 Å². The van der Waals surface area contributed by atoms with Gasteiger partial charge in [-0.2, -0.15) is 0 Å². The average molecular weight is 365 g/mol. The number of likely N-dealkylation sites (tertiary alicyclic amines) is 1. The van der Waals surface area contributed by atoms with Crippen molar-refractivity contribution < 1.29 is 18.7 Å². The number of aromatic nitrogens is 1. The highest BCUT2D eigenvalue weighted by molar-refractivity contribution is 6.31. The number of pyridine rings is 1. The van der Waals surface area contributed by atoms with E-state index < -0.39 is 5.82 Å². The molecule has 2 heterocycles. The predicted octanol–water partition coefficient (Wildman–Crippen LogP) is 3.57. The third kappa shape index (κ3) is 4.02. The highest BCUT2D eigenvalue weighted by Crippen LogP contribution is 2.26. The largest absolute Gasteiger partial charge is 0.494 e. The van der Waals surface area contributed by atoms with Crippen LogP contribution >= 0.6 is 11.6 Å². The lowest BCUT2D eigenvalue weighted by atomic mass is 10.1. The number of carbonyl (C=O) groups excluding carboxylic acids is 1. The molecule has 1 aliphatic heterocycles. The number of methoxy groups -OCH3 is 1. The van der Waals surface area contributed by atoms with Gasteiger partial charge in [-0.25, -0.2) is 4.39 Å². The first-order chi connectivity index (χ1) is 12.1. The maximum Gasteiger partial charge on any atom is 0.253 e. The number of hydrogen-bond acceptors (Lipinski definition) is 4. The Morgan fingerprint density at radius 3 is 2.68 bits per heavy atom. The minimum atomic E-state index is -0.543. The molecule has 3 rings (SSSR count). The Labute approximate surface area is 150 Å². The van der Waals surface area contributed by atoms with E-state index in [1.165, 1.54) is 25.4 Å². The molecule has 0 unspecified atom stereocenters. The molecular weight excluding hydrogens is 347 g/mol. The predicted molar refractivity (Wildman–Crippen MR) is 91.8 cm³/mol. The summed E-state index contributed by atoms with van der Waals surface area (Å²) in [5.74, 6) is -0.0163. The molecule has 2 aromatic rings. The van der Waals surface area contributed by atoms with Crippen LogP contribution in [0.5, 0.6) is 11.5 Å². The monoisotopic (exact) mass is 364 g/mol. The third-order valence-corrected chi connectivity index (χ3v) is 4.44. The van der Waals surface area contributed by atoms with Gasteiger partial charge in [-0.3, -0.25) is 9.78 Å². The number of carbonyl (C=O) groups is 1. The van der Waals surface area contributed by atoms with Gasteiger partial charge in [-0.1, -0.05) is 11.6 Å². The normalized spacial score (nSPS) is 15.1. The van der Waals surface area contributed by atoms with Gasteiger partial charge >= 0.3 is 0 Å². The van der Waals surface area contributed by atoms with Gasteiger partial charge in [0, 0.05) is 50.0 Å². The molecule has 0 saturated carbocycles. The fourth-order valence-corrected chi connectivity index (χ4v) is 2.96. The van der Waals surface area contributed by atoms with E-state index in [0.29, 0.717) is 42.3 Å². The number of hydrogen-bond donors (Lipinski definition) is 0. The zero-order valence-electron chi connectivity index (χ0n) is 13.7. The van der Waals surface area contributed by atoms with Gasteiger partial charge in [0.2, 0.25) is 0 Å². The fourth-order valence-electron chi connectivity index (χ4n) is 2.80. The summed E-state index contributed by atoms with van der Waals surface area (Å²) in [4.78, 5) is 18.1. The van der Waals surface area contributed by atoms with Crippen molar-refractivity contribution in [3.63, 3.8) is 0 Å². The number of rotatable bonds is 4. The van der Waals surface area contributed by atoms with Crippen LogP contribution in [0.4, 0.5) is 4.39 Å². The molecule has 0 atom stereocenters. The Balaban J connectivity index is 1.59. The number of benzene rings is 1. The zero-order chi connectivity index (χ0) is 17.8. The van der Waals surface area contributed by atoms with Gasteiger partial charge in [0.25, 0.3) is 5.91 Å². The van der Waals surface area contributed by atoms with Crippen molar-refractivity contribution in [3.05, 3.63) is 53.1 Å². The van der Waals surface area contributed by atoms with Gasteiger partial charge in [-0.05, 0) is 18.2 Å². The van der Waals surface area contributed by atoms with Crippen molar-refractivity contribution in [1.29, 1.82) is 0 Å². The molecule has 1 amide bonds. The summed E-state index contributed by atoms with van der Waals surface area (Å²) in [6.45, 7) is 1.08. The Bertz CT molecular complexity index is 764. The Kier molecular flexibility index (Phi) is 5.38. The summed E-state index contributed by atoms with van der Waals surface area (Å²) in [5.41, 5.74) is 0.315. The van der Waals surface area contributed by atoms with Gasteiger partial charge in [0.05, 0.1) is 7.11 Å². The molecule has 132 valence electrons. The summed E-state index contributed by atoms with van der Waals surface area (Å²) in [6.07, 6.45) is 4.51. The third-order valence-electron chi connectivity index (χ3n) is 4.16. The van der Waals surface area contributed by atoms with Crippen LogP contribution in [-0.2, 0) is 0 Å². The lowest BCUT2D eigenvalue weighted by Crippen LogP contribution is -2.41. The van der Waals surface area contributed by atoms with Crippen LogP contribution in [0.3, 0.4) is 0 Å². The summed E-state index contributed by atoms with van der Waals surface area (Å²) < 4.78 is 24.5. The lowest BCUT2D eigenvalue weighted by Gasteiger charge is -2.32. The first-order valence-corrected chi connectivity index (χ1v) is 8.35. The molecule has 5 nitrogen and oxygen atoms in total. The molecule has 7 heteroatoms. The van der Waals surface area contributed by atoms with Gasteiger partial charge in [0.1, 0.15) is 16.9 Å². The minimum Gasteiger partial charge on any atom is -0.494 e. The highest BCUT2D eigenvalue weighted by atomic mass is 35.5. The second kappa shape index (κ2) is 7.70. The first-order valence-electron chi connectivity index (χ1n) is 7.97. The Morgan fingerprint density at radius 1 is 1.28 bits per heavy atom. The Morgan fingerprint density at radius 2 is 2.04 bits per heavy atom. The van der Waals surface area contributed by atoms with E-state index in [-0.39, 0.29) is 17.8 Å². The van der Waals surface area contributed by atoms with Crippen LogP contribution in [0.15, 0.2) is 36.7 Å². The van der Waals surface area contributed by atoms with Crippen LogP contribution in [-0.4, -0.2) is 42.1 Å². The van der Waals surface area contributed by atoms with E-state index in [0.717, 1.165) is 0 Å². The molecule has 0 N–H and O–H groups in total. The van der Waals surface area contributed by atoms with Crippen molar-refractivity contribution in [3.8, 4) is 11.5 Å².